The Balaban J connectivity index is 0.00000264. The lowest BCUT2D eigenvalue weighted by atomic mass is 10.1. The van der Waals surface area contributed by atoms with Gasteiger partial charge in [-0.1, -0.05) is 12.1 Å². The van der Waals surface area contributed by atoms with Crippen LogP contribution in [0.3, 0.4) is 0 Å². The Morgan fingerprint density at radius 1 is 1.22 bits per heavy atom. The van der Waals surface area contributed by atoms with E-state index in [1.165, 1.54) is 25.0 Å². The van der Waals surface area contributed by atoms with Gasteiger partial charge in [0.05, 0.1) is 11.5 Å². The summed E-state index contributed by atoms with van der Waals surface area (Å²) in [5.74, 6) is 0.838. The number of rotatable bonds is 10. The molecule has 1 aliphatic carbocycles. The highest BCUT2D eigenvalue weighted by atomic mass is 35.5. The fourth-order valence-corrected chi connectivity index (χ4v) is 2.24. The lowest BCUT2D eigenvalue weighted by molar-refractivity contribution is -0.384. The molecule has 0 heterocycles. The van der Waals surface area contributed by atoms with Crippen LogP contribution in [0, 0.1) is 16.0 Å². The molecule has 6 nitrogen and oxygen atoms in total. The van der Waals surface area contributed by atoms with Crippen molar-refractivity contribution in [2.24, 2.45) is 5.92 Å². The van der Waals surface area contributed by atoms with Crippen LogP contribution < -0.4 is 10.6 Å². The van der Waals surface area contributed by atoms with Crippen molar-refractivity contribution in [3.63, 3.8) is 0 Å². The van der Waals surface area contributed by atoms with Gasteiger partial charge < -0.3 is 10.6 Å². The smallest absolute Gasteiger partial charge is 0.269 e. The summed E-state index contributed by atoms with van der Waals surface area (Å²) >= 11 is 0. The minimum atomic E-state index is -0.392. The average Bonchev–Trinajstić information content (AvgIpc) is 3.31. The molecular weight excluding hydrogens is 318 g/mol. The molecule has 0 unspecified atom stereocenters. The monoisotopic (exact) mass is 341 g/mol. The third kappa shape index (κ3) is 7.95. The van der Waals surface area contributed by atoms with Crippen LogP contribution in [0.1, 0.15) is 31.2 Å². The van der Waals surface area contributed by atoms with Crippen LogP contribution in [0.15, 0.2) is 24.3 Å². The molecular formula is C16H24ClN3O3. The summed E-state index contributed by atoms with van der Waals surface area (Å²) in [5, 5.41) is 16.6. The van der Waals surface area contributed by atoms with Gasteiger partial charge >= 0.3 is 0 Å². The lowest BCUT2D eigenvalue weighted by Gasteiger charge is -2.06. The van der Waals surface area contributed by atoms with Gasteiger partial charge in [0.25, 0.3) is 5.69 Å². The van der Waals surface area contributed by atoms with Crippen molar-refractivity contribution in [1.82, 2.24) is 10.6 Å². The number of hydrogen-bond acceptors (Lipinski definition) is 4. The normalized spacial score (nSPS) is 13.2. The molecule has 1 amide bonds. The molecule has 1 aromatic rings. The first-order valence-corrected chi connectivity index (χ1v) is 7.86. The van der Waals surface area contributed by atoms with E-state index in [0.717, 1.165) is 37.3 Å². The van der Waals surface area contributed by atoms with Gasteiger partial charge in [-0.2, -0.15) is 0 Å². The third-order valence-electron chi connectivity index (χ3n) is 3.78. The van der Waals surface area contributed by atoms with Gasteiger partial charge in [0, 0.05) is 18.7 Å². The van der Waals surface area contributed by atoms with Crippen LogP contribution in [0.5, 0.6) is 0 Å². The third-order valence-corrected chi connectivity index (χ3v) is 3.78. The van der Waals surface area contributed by atoms with Crippen molar-refractivity contribution in [1.29, 1.82) is 0 Å². The van der Waals surface area contributed by atoms with E-state index in [4.69, 9.17) is 0 Å². The number of carbonyl (C=O) groups is 1. The summed E-state index contributed by atoms with van der Waals surface area (Å²) in [6.07, 6.45) is 5.31. The summed E-state index contributed by atoms with van der Waals surface area (Å²) in [4.78, 5) is 21.7. The number of nitro benzene ring substituents is 1. The van der Waals surface area contributed by atoms with Crippen LogP contribution >= 0.6 is 12.4 Å². The van der Waals surface area contributed by atoms with E-state index in [1.807, 2.05) is 0 Å². The Labute approximate surface area is 142 Å². The van der Waals surface area contributed by atoms with Crippen molar-refractivity contribution in [2.45, 2.75) is 32.1 Å². The number of carbonyl (C=O) groups excluding carboxylic acids is 1. The number of nitrogens with zero attached hydrogens (tertiary/aromatic N) is 1. The van der Waals surface area contributed by atoms with E-state index in [-0.39, 0.29) is 24.0 Å². The van der Waals surface area contributed by atoms with Gasteiger partial charge in [-0.25, -0.2) is 0 Å². The maximum Gasteiger partial charge on any atom is 0.269 e. The van der Waals surface area contributed by atoms with E-state index in [0.29, 0.717) is 13.1 Å². The first kappa shape index (κ1) is 19.4. The summed E-state index contributed by atoms with van der Waals surface area (Å²) < 4.78 is 0. The molecule has 0 spiro atoms. The number of non-ortho nitro benzene ring substituents is 1. The molecule has 0 atom stereocenters. The summed E-state index contributed by atoms with van der Waals surface area (Å²) in [5.41, 5.74) is 1.21. The molecule has 0 bridgehead atoms. The van der Waals surface area contributed by atoms with Crippen LogP contribution in [-0.2, 0) is 11.2 Å². The molecule has 2 rings (SSSR count). The van der Waals surface area contributed by atoms with Crippen molar-refractivity contribution < 1.29 is 9.72 Å². The molecule has 0 aliphatic heterocycles. The number of amides is 1. The zero-order valence-corrected chi connectivity index (χ0v) is 13.9. The predicted octanol–water partition coefficient (Wildman–Crippen LogP) is 2.46. The number of unbranched alkanes of at least 4 members (excludes halogenated alkanes) is 1. The van der Waals surface area contributed by atoms with Crippen LogP contribution in [-0.4, -0.2) is 30.5 Å². The molecule has 1 aromatic carbocycles. The van der Waals surface area contributed by atoms with E-state index in [2.05, 4.69) is 10.6 Å². The second kappa shape index (κ2) is 10.2. The quantitative estimate of drug-likeness (QED) is 0.389. The topological polar surface area (TPSA) is 84.3 Å². The number of aryl methyl sites for hydroxylation is 1. The number of benzene rings is 1. The SMILES string of the molecule is Cl.O=C(CNCC1CC1)NCCCCc1ccc([N+](=O)[O-])cc1. The molecule has 2 N–H and O–H groups in total. The highest BCUT2D eigenvalue weighted by Crippen LogP contribution is 2.27. The number of nitro groups is 1. The van der Waals surface area contributed by atoms with Gasteiger partial charge in [-0.3, -0.25) is 14.9 Å². The van der Waals surface area contributed by atoms with Gasteiger partial charge in [-0.15, -0.1) is 12.4 Å². The molecule has 23 heavy (non-hydrogen) atoms. The van der Waals surface area contributed by atoms with Gasteiger partial charge in [0.1, 0.15) is 0 Å². The predicted molar refractivity (Wildman–Crippen MR) is 91.9 cm³/mol. The fraction of sp³-hybridized carbons (Fsp3) is 0.562. The summed E-state index contributed by atoms with van der Waals surface area (Å²) in [6.45, 7) is 2.03. The number of halogens is 1. The Morgan fingerprint density at radius 3 is 2.52 bits per heavy atom. The first-order chi connectivity index (χ1) is 10.6. The van der Waals surface area contributed by atoms with Crippen LogP contribution in [0.2, 0.25) is 0 Å². The lowest BCUT2D eigenvalue weighted by Crippen LogP contribution is -2.35. The Hall–Kier alpha value is -1.66. The zero-order chi connectivity index (χ0) is 15.8. The second-order valence-electron chi connectivity index (χ2n) is 5.80. The fourth-order valence-electron chi connectivity index (χ4n) is 2.24. The second-order valence-corrected chi connectivity index (χ2v) is 5.80. The molecule has 1 saturated carbocycles. The van der Waals surface area contributed by atoms with Crippen LogP contribution in [0.25, 0.3) is 0 Å². The van der Waals surface area contributed by atoms with E-state index < -0.39 is 4.92 Å². The van der Waals surface area contributed by atoms with E-state index in [1.54, 1.807) is 12.1 Å². The molecule has 0 aromatic heterocycles. The maximum absolute atomic E-state index is 11.5. The molecule has 1 aliphatic rings. The number of nitrogens with one attached hydrogen (secondary N) is 2. The van der Waals surface area contributed by atoms with Gasteiger partial charge in [-0.05, 0) is 50.1 Å². The summed E-state index contributed by atoms with van der Waals surface area (Å²) in [6, 6.07) is 6.64. The van der Waals surface area contributed by atoms with Gasteiger partial charge in [0.15, 0.2) is 0 Å². The molecule has 1 fully saturated rings. The highest BCUT2D eigenvalue weighted by Gasteiger charge is 2.20. The molecule has 0 radical (unpaired) electrons. The van der Waals surface area contributed by atoms with Crippen molar-refractivity contribution in [3.05, 3.63) is 39.9 Å². The minimum absolute atomic E-state index is 0. The van der Waals surface area contributed by atoms with Crippen molar-refractivity contribution >= 4 is 24.0 Å². The van der Waals surface area contributed by atoms with E-state index in [9.17, 15) is 14.9 Å². The molecule has 0 saturated heterocycles. The highest BCUT2D eigenvalue weighted by molar-refractivity contribution is 5.85. The summed E-state index contributed by atoms with van der Waals surface area (Å²) in [7, 11) is 0. The number of hydrogen-bond donors (Lipinski definition) is 2. The standard InChI is InChI=1S/C16H23N3O3.ClH/c20-16(12-17-11-14-4-5-14)18-10-2-1-3-13-6-8-15(9-7-13)19(21)22;/h6-9,14,17H,1-5,10-12H2,(H,18,20);1H. The van der Waals surface area contributed by atoms with Crippen molar-refractivity contribution in [2.75, 3.05) is 19.6 Å². The van der Waals surface area contributed by atoms with Gasteiger partial charge in [0.2, 0.25) is 5.91 Å². The van der Waals surface area contributed by atoms with E-state index >= 15 is 0 Å². The first-order valence-electron chi connectivity index (χ1n) is 7.86. The average molecular weight is 342 g/mol. The van der Waals surface area contributed by atoms with Crippen LogP contribution in [0.4, 0.5) is 5.69 Å². The Bertz CT molecular complexity index is 504. The molecule has 7 heteroatoms. The Kier molecular flexibility index (Phi) is 8.58. The Morgan fingerprint density at radius 2 is 1.91 bits per heavy atom. The largest absolute Gasteiger partial charge is 0.355 e. The van der Waals surface area contributed by atoms with Crippen molar-refractivity contribution in [3.8, 4) is 0 Å². The minimum Gasteiger partial charge on any atom is -0.355 e. The molecule has 128 valence electrons. The zero-order valence-electron chi connectivity index (χ0n) is 13.1. The maximum atomic E-state index is 11.5.